The summed E-state index contributed by atoms with van der Waals surface area (Å²) in [5, 5.41) is 4.25. The standard InChI is InChI=1S/C26H34N4O4/c1-17-15-28-16-18(2)24(17)29-20-14-23(32)30-25-19(20)11-12-21(33-3)26(25)34-13-9-7-5-4-6-8-10-22(27)31/h11-12,14-16H,4-10,13H2,1-3H3,(H2,27,31)(H2,28,29,30,32). The van der Waals surface area contributed by atoms with E-state index in [0.29, 0.717) is 35.7 Å². The van der Waals surface area contributed by atoms with Crippen molar-refractivity contribution in [3.63, 3.8) is 0 Å². The van der Waals surface area contributed by atoms with Gasteiger partial charge in [0.2, 0.25) is 5.91 Å². The van der Waals surface area contributed by atoms with Crippen molar-refractivity contribution in [2.24, 2.45) is 5.73 Å². The number of aryl methyl sites for hydroxylation is 2. The number of aromatic amines is 1. The van der Waals surface area contributed by atoms with Gasteiger partial charge in [-0.2, -0.15) is 0 Å². The van der Waals surface area contributed by atoms with Gasteiger partial charge < -0.3 is 25.5 Å². The first-order chi connectivity index (χ1) is 16.4. The van der Waals surface area contributed by atoms with Crippen LogP contribution in [0.5, 0.6) is 11.5 Å². The number of anilines is 2. The highest BCUT2D eigenvalue weighted by Gasteiger charge is 2.15. The van der Waals surface area contributed by atoms with Gasteiger partial charge in [-0.25, -0.2) is 0 Å². The van der Waals surface area contributed by atoms with Crippen molar-refractivity contribution in [1.82, 2.24) is 9.97 Å². The lowest BCUT2D eigenvalue weighted by Gasteiger charge is -2.17. The zero-order valence-corrected chi connectivity index (χ0v) is 20.2. The molecular formula is C26H34N4O4. The Balaban J connectivity index is 1.73. The molecule has 0 spiro atoms. The number of pyridine rings is 2. The molecule has 0 unspecified atom stereocenters. The molecule has 0 bridgehead atoms. The number of rotatable bonds is 13. The van der Waals surface area contributed by atoms with Gasteiger partial charge in [0.25, 0.3) is 5.56 Å². The Hall–Kier alpha value is -3.55. The number of nitrogens with two attached hydrogens (primary N) is 1. The number of H-pyrrole nitrogens is 1. The molecule has 8 heteroatoms. The number of carbonyl (C=O) groups is 1. The van der Waals surface area contributed by atoms with Gasteiger partial charge in [0, 0.05) is 36.0 Å². The monoisotopic (exact) mass is 466 g/mol. The molecule has 8 nitrogen and oxygen atoms in total. The Labute approximate surface area is 199 Å². The molecule has 0 aliphatic heterocycles. The van der Waals surface area contributed by atoms with Crippen LogP contribution in [-0.4, -0.2) is 29.6 Å². The first-order valence-electron chi connectivity index (χ1n) is 11.7. The number of nitrogens with one attached hydrogen (secondary N) is 2. The Bertz CT molecular complexity index is 1170. The first kappa shape index (κ1) is 25.1. The third-order valence-corrected chi connectivity index (χ3v) is 5.80. The van der Waals surface area contributed by atoms with Crippen molar-refractivity contribution >= 4 is 28.2 Å². The molecule has 2 heterocycles. The Morgan fingerprint density at radius 2 is 1.74 bits per heavy atom. The summed E-state index contributed by atoms with van der Waals surface area (Å²) in [6.07, 6.45) is 9.95. The molecular weight excluding hydrogens is 432 g/mol. The molecule has 0 saturated heterocycles. The van der Waals surface area contributed by atoms with Crippen molar-refractivity contribution in [3.8, 4) is 11.5 Å². The third kappa shape index (κ3) is 6.50. The lowest BCUT2D eigenvalue weighted by Crippen LogP contribution is -2.10. The fourth-order valence-corrected chi connectivity index (χ4v) is 4.00. The summed E-state index contributed by atoms with van der Waals surface area (Å²) in [5.74, 6) is 0.869. The second-order valence-electron chi connectivity index (χ2n) is 8.53. The van der Waals surface area contributed by atoms with Crippen molar-refractivity contribution in [2.75, 3.05) is 19.0 Å². The number of primary amides is 1. The fourth-order valence-electron chi connectivity index (χ4n) is 4.00. The summed E-state index contributed by atoms with van der Waals surface area (Å²) in [4.78, 5) is 30.4. The first-order valence-corrected chi connectivity index (χ1v) is 11.7. The zero-order valence-electron chi connectivity index (χ0n) is 20.2. The molecule has 2 aromatic heterocycles. The van der Waals surface area contributed by atoms with E-state index in [-0.39, 0.29) is 11.5 Å². The molecule has 0 aliphatic rings. The van der Waals surface area contributed by atoms with E-state index in [4.69, 9.17) is 15.2 Å². The van der Waals surface area contributed by atoms with Gasteiger partial charge in [-0.3, -0.25) is 14.6 Å². The van der Waals surface area contributed by atoms with E-state index in [1.807, 2.05) is 26.0 Å². The smallest absolute Gasteiger partial charge is 0.250 e. The van der Waals surface area contributed by atoms with Crippen LogP contribution < -0.4 is 26.1 Å². The highest BCUT2D eigenvalue weighted by atomic mass is 16.5. The normalized spacial score (nSPS) is 10.9. The summed E-state index contributed by atoms with van der Waals surface area (Å²) < 4.78 is 11.6. The van der Waals surface area contributed by atoms with E-state index in [1.54, 1.807) is 25.6 Å². The number of hydrogen-bond donors (Lipinski definition) is 3. The quantitative estimate of drug-likeness (QED) is 0.309. The summed E-state index contributed by atoms with van der Waals surface area (Å²) >= 11 is 0. The maximum absolute atomic E-state index is 12.5. The lowest BCUT2D eigenvalue weighted by atomic mass is 10.1. The maximum Gasteiger partial charge on any atom is 0.250 e. The van der Waals surface area contributed by atoms with Crippen LogP contribution in [0.2, 0.25) is 0 Å². The van der Waals surface area contributed by atoms with E-state index >= 15 is 0 Å². The number of amides is 1. The average Bonchev–Trinajstić information content (AvgIpc) is 2.80. The number of ether oxygens (including phenoxy) is 2. The van der Waals surface area contributed by atoms with Crippen molar-refractivity contribution < 1.29 is 14.3 Å². The lowest BCUT2D eigenvalue weighted by molar-refractivity contribution is -0.118. The summed E-state index contributed by atoms with van der Waals surface area (Å²) in [6, 6.07) is 5.32. The predicted molar refractivity (Wildman–Crippen MR) is 135 cm³/mol. The van der Waals surface area contributed by atoms with Crippen molar-refractivity contribution in [2.45, 2.75) is 58.8 Å². The fraction of sp³-hybridized carbons (Fsp3) is 0.423. The highest BCUT2D eigenvalue weighted by molar-refractivity contribution is 5.97. The van der Waals surface area contributed by atoms with Crippen LogP contribution in [0.25, 0.3) is 10.9 Å². The molecule has 0 fully saturated rings. The largest absolute Gasteiger partial charge is 0.493 e. The minimum Gasteiger partial charge on any atom is -0.493 e. The molecule has 1 aromatic carbocycles. The summed E-state index contributed by atoms with van der Waals surface area (Å²) in [6.45, 7) is 4.47. The van der Waals surface area contributed by atoms with Gasteiger partial charge in [-0.1, -0.05) is 25.7 Å². The van der Waals surface area contributed by atoms with E-state index in [0.717, 1.165) is 60.7 Å². The number of fused-ring (bicyclic) bond motifs is 1. The molecule has 3 rings (SSSR count). The van der Waals surface area contributed by atoms with Crippen LogP contribution >= 0.6 is 0 Å². The molecule has 3 aromatic rings. The molecule has 182 valence electrons. The van der Waals surface area contributed by atoms with Crippen LogP contribution in [0.15, 0.2) is 35.4 Å². The van der Waals surface area contributed by atoms with Crippen LogP contribution in [-0.2, 0) is 4.79 Å². The van der Waals surface area contributed by atoms with E-state index in [9.17, 15) is 9.59 Å². The molecule has 0 aliphatic carbocycles. The molecule has 0 saturated carbocycles. The number of nitrogens with zero attached hydrogens (tertiary/aromatic N) is 1. The topological polar surface area (TPSA) is 119 Å². The molecule has 0 atom stereocenters. The summed E-state index contributed by atoms with van der Waals surface area (Å²) in [7, 11) is 1.59. The number of hydrogen-bond acceptors (Lipinski definition) is 6. The Kier molecular flexibility index (Phi) is 8.90. The van der Waals surface area contributed by atoms with E-state index in [1.165, 1.54) is 0 Å². The number of benzene rings is 1. The Morgan fingerprint density at radius 3 is 2.41 bits per heavy atom. The second-order valence-corrected chi connectivity index (χ2v) is 8.53. The van der Waals surface area contributed by atoms with Crippen LogP contribution in [0.1, 0.15) is 56.1 Å². The van der Waals surface area contributed by atoms with Gasteiger partial charge in [-0.15, -0.1) is 0 Å². The number of carbonyl (C=O) groups excluding carboxylic acids is 1. The molecule has 0 radical (unpaired) electrons. The SMILES string of the molecule is COc1ccc2c(Nc3c(C)cncc3C)cc(=O)[nH]c2c1OCCCCCCCCC(N)=O. The molecule has 1 amide bonds. The van der Waals surface area contributed by atoms with Crippen molar-refractivity contribution in [3.05, 3.63) is 52.1 Å². The predicted octanol–water partition coefficient (Wildman–Crippen LogP) is 4.89. The van der Waals surface area contributed by atoms with Crippen LogP contribution in [0.4, 0.5) is 11.4 Å². The number of unbranched alkanes of at least 4 members (excludes halogenated alkanes) is 5. The minimum atomic E-state index is -0.236. The molecule has 4 N–H and O–H groups in total. The van der Waals surface area contributed by atoms with Gasteiger partial charge in [-0.05, 0) is 49.9 Å². The van der Waals surface area contributed by atoms with Gasteiger partial charge in [0.05, 0.1) is 24.9 Å². The van der Waals surface area contributed by atoms with Gasteiger partial charge >= 0.3 is 0 Å². The number of aromatic nitrogens is 2. The minimum absolute atomic E-state index is 0.228. The zero-order chi connectivity index (χ0) is 24.5. The van der Waals surface area contributed by atoms with Crippen LogP contribution in [0, 0.1) is 13.8 Å². The third-order valence-electron chi connectivity index (χ3n) is 5.80. The Morgan fingerprint density at radius 1 is 1.06 bits per heavy atom. The van der Waals surface area contributed by atoms with Gasteiger partial charge in [0.1, 0.15) is 0 Å². The highest BCUT2D eigenvalue weighted by Crippen LogP contribution is 2.37. The van der Waals surface area contributed by atoms with Gasteiger partial charge in [0.15, 0.2) is 11.5 Å². The van der Waals surface area contributed by atoms with Crippen molar-refractivity contribution in [1.29, 1.82) is 0 Å². The van der Waals surface area contributed by atoms with E-state index < -0.39 is 0 Å². The second kappa shape index (κ2) is 12.1. The van der Waals surface area contributed by atoms with E-state index in [2.05, 4.69) is 15.3 Å². The van der Waals surface area contributed by atoms with Crippen LogP contribution in [0.3, 0.4) is 0 Å². The summed E-state index contributed by atoms with van der Waals surface area (Å²) in [5.41, 5.74) is 9.15. The molecule has 34 heavy (non-hydrogen) atoms. The maximum atomic E-state index is 12.5. The number of methoxy groups -OCH3 is 1. The average molecular weight is 467 g/mol.